The lowest BCUT2D eigenvalue weighted by Gasteiger charge is -2.01. The van der Waals surface area contributed by atoms with E-state index in [1.807, 2.05) is 24.3 Å². The van der Waals surface area contributed by atoms with Crippen LogP contribution in [-0.2, 0) is 0 Å². The van der Waals surface area contributed by atoms with Gasteiger partial charge in [-0.1, -0.05) is 29.4 Å². The van der Waals surface area contributed by atoms with E-state index in [2.05, 4.69) is 5.16 Å². The van der Waals surface area contributed by atoms with E-state index in [1.165, 1.54) is 6.21 Å². The molecule has 0 saturated heterocycles. The van der Waals surface area contributed by atoms with Gasteiger partial charge in [-0.2, -0.15) is 0 Å². The Morgan fingerprint density at radius 3 is 2.36 bits per heavy atom. The van der Waals surface area contributed by atoms with Crippen LogP contribution in [0.25, 0.3) is 10.8 Å². The van der Waals surface area contributed by atoms with Crippen molar-refractivity contribution in [2.24, 2.45) is 5.16 Å². The third kappa shape index (κ3) is 1.40. The van der Waals surface area contributed by atoms with Gasteiger partial charge in [-0.3, -0.25) is 0 Å². The minimum absolute atomic E-state index is 0.113. The molecule has 0 aromatic heterocycles. The second kappa shape index (κ2) is 3.38. The molecule has 0 fully saturated rings. The van der Waals surface area contributed by atoms with E-state index in [9.17, 15) is 5.11 Å². The topological polar surface area (TPSA) is 52.8 Å². The number of aromatic hydroxyl groups is 1. The molecule has 2 rings (SSSR count). The van der Waals surface area contributed by atoms with Crippen molar-refractivity contribution in [3.8, 4) is 5.75 Å². The SMILES string of the molecule is ON=Cc1cc2ccccc2cc1O. The minimum atomic E-state index is 0.113. The molecule has 0 saturated carbocycles. The zero-order valence-corrected chi connectivity index (χ0v) is 7.38. The van der Waals surface area contributed by atoms with E-state index in [4.69, 9.17) is 5.21 Å². The predicted molar refractivity (Wildman–Crippen MR) is 55.0 cm³/mol. The second-order valence-electron chi connectivity index (χ2n) is 3.00. The van der Waals surface area contributed by atoms with Crippen molar-refractivity contribution in [3.05, 3.63) is 42.0 Å². The number of phenols is 1. The number of nitrogens with zero attached hydrogens (tertiary/aromatic N) is 1. The molecule has 0 atom stereocenters. The van der Waals surface area contributed by atoms with E-state index in [1.54, 1.807) is 12.1 Å². The van der Waals surface area contributed by atoms with Gasteiger partial charge in [0.05, 0.1) is 6.21 Å². The number of rotatable bonds is 1. The van der Waals surface area contributed by atoms with E-state index < -0.39 is 0 Å². The lowest BCUT2D eigenvalue weighted by molar-refractivity contribution is 0.321. The Morgan fingerprint density at radius 1 is 1.07 bits per heavy atom. The van der Waals surface area contributed by atoms with Crippen LogP contribution in [0.15, 0.2) is 41.6 Å². The smallest absolute Gasteiger partial charge is 0.125 e. The number of phenolic OH excluding ortho intramolecular Hbond substituents is 1. The molecule has 70 valence electrons. The van der Waals surface area contributed by atoms with Crippen molar-refractivity contribution in [2.75, 3.05) is 0 Å². The van der Waals surface area contributed by atoms with Crippen molar-refractivity contribution in [1.29, 1.82) is 0 Å². The van der Waals surface area contributed by atoms with Crippen LogP contribution in [0.2, 0.25) is 0 Å². The molecule has 0 unspecified atom stereocenters. The van der Waals surface area contributed by atoms with Crippen LogP contribution in [-0.4, -0.2) is 16.5 Å². The Bertz CT molecular complexity index is 492. The highest BCUT2D eigenvalue weighted by atomic mass is 16.4. The number of benzene rings is 2. The number of oxime groups is 1. The first kappa shape index (κ1) is 8.56. The van der Waals surface area contributed by atoms with Gasteiger partial charge in [-0.15, -0.1) is 0 Å². The van der Waals surface area contributed by atoms with Crippen LogP contribution in [0.1, 0.15) is 5.56 Å². The first-order valence-corrected chi connectivity index (χ1v) is 4.20. The highest BCUT2D eigenvalue weighted by Gasteiger charge is 2.00. The molecule has 0 spiro atoms. The minimum Gasteiger partial charge on any atom is -0.507 e. The molecule has 0 radical (unpaired) electrons. The largest absolute Gasteiger partial charge is 0.507 e. The molecule has 0 heterocycles. The normalized spacial score (nSPS) is 11.1. The lowest BCUT2D eigenvalue weighted by Crippen LogP contribution is -1.83. The van der Waals surface area contributed by atoms with Crippen molar-refractivity contribution in [3.63, 3.8) is 0 Å². The molecule has 0 aliphatic carbocycles. The molecular formula is C11H9NO2. The molecule has 14 heavy (non-hydrogen) atoms. The average Bonchev–Trinajstić information content (AvgIpc) is 2.19. The molecule has 2 aromatic carbocycles. The maximum absolute atomic E-state index is 9.54. The summed E-state index contributed by atoms with van der Waals surface area (Å²) < 4.78 is 0. The summed E-state index contributed by atoms with van der Waals surface area (Å²) in [5, 5.41) is 22.8. The molecule has 3 nitrogen and oxygen atoms in total. The summed E-state index contributed by atoms with van der Waals surface area (Å²) in [4.78, 5) is 0. The van der Waals surface area contributed by atoms with Gasteiger partial charge in [0.25, 0.3) is 0 Å². The fourth-order valence-corrected chi connectivity index (χ4v) is 1.41. The maximum atomic E-state index is 9.54. The van der Waals surface area contributed by atoms with Crippen LogP contribution < -0.4 is 0 Å². The maximum Gasteiger partial charge on any atom is 0.125 e. The Labute approximate surface area is 80.9 Å². The number of fused-ring (bicyclic) bond motifs is 1. The first-order valence-electron chi connectivity index (χ1n) is 4.20. The van der Waals surface area contributed by atoms with Gasteiger partial charge in [0.1, 0.15) is 5.75 Å². The Kier molecular flexibility index (Phi) is 2.07. The van der Waals surface area contributed by atoms with E-state index in [-0.39, 0.29) is 5.75 Å². The Morgan fingerprint density at radius 2 is 1.71 bits per heavy atom. The molecular weight excluding hydrogens is 178 g/mol. The van der Waals surface area contributed by atoms with Gasteiger partial charge in [-0.25, -0.2) is 0 Å². The molecule has 0 amide bonds. The van der Waals surface area contributed by atoms with Crippen LogP contribution in [0.4, 0.5) is 0 Å². The van der Waals surface area contributed by atoms with Crippen molar-refractivity contribution >= 4 is 17.0 Å². The van der Waals surface area contributed by atoms with Crippen molar-refractivity contribution in [1.82, 2.24) is 0 Å². The summed E-state index contributed by atoms with van der Waals surface area (Å²) >= 11 is 0. The molecule has 3 heteroatoms. The van der Waals surface area contributed by atoms with Gasteiger partial charge >= 0.3 is 0 Å². The molecule has 0 aliphatic rings. The highest BCUT2D eigenvalue weighted by molar-refractivity contribution is 5.93. The van der Waals surface area contributed by atoms with Crippen LogP contribution in [0.3, 0.4) is 0 Å². The van der Waals surface area contributed by atoms with Gasteiger partial charge in [0, 0.05) is 5.56 Å². The molecule has 2 aromatic rings. The first-order chi connectivity index (χ1) is 6.81. The monoisotopic (exact) mass is 187 g/mol. The van der Waals surface area contributed by atoms with Gasteiger partial charge < -0.3 is 10.3 Å². The average molecular weight is 187 g/mol. The summed E-state index contributed by atoms with van der Waals surface area (Å²) in [5.74, 6) is 0.113. The molecule has 0 aliphatic heterocycles. The summed E-state index contributed by atoms with van der Waals surface area (Å²) in [6.45, 7) is 0. The van der Waals surface area contributed by atoms with Crippen LogP contribution >= 0.6 is 0 Å². The zero-order chi connectivity index (χ0) is 9.97. The summed E-state index contributed by atoms with van der Waals surface area (Å²) in [6, 6.07) is 11.1. The van der Waals surface area contributed by atoms with Gasteiger partial charge in [0.15, 0.2) is 0 Å². The lowest BCUT2D eigenvalue weighted by atomic mass is 10.1. The summed E-state index contributed by atoms with van der Waals surface area (Å²) in [7, 11) is 0. The zero-order valence-electron chi connectivity index (χ0n) is 7.38. The standard InChI is InChI=1S/C11H9NO2/c13-11-6-9-4-2-1-3-8(9)5-10(11)7-12-14/h1-7,13-14H. The third-order valence-corrected chi connectivity index (χ3v) is 2.09. The summed E-state index contributed by atoms with van der Waals surface area (Å²) in [6.07, 6.45) is 1.21. The van der Waals surface area contributed by atoms with E-state index >= 15 is 0 Å². The number of hydrogen-bond acceptors (Lipinski definition) is 3. The molecule has 2 N–H and O–H groups in total. The fraction of sp³-hybridized carbons (Fsp3) is 0. The van der Waals surface area contributed by atoms with E-state index in [0.717, 1.165) is 10.8 Å². The van der Waals surface area contributed by atoms with Gasteiger partial charge in [0.2, 0.25) is 0 Å². The predicted octanol–water partition coefficient (Wildman–Crippen LogP) is 2.35. The Balaban J connectivity index is 2.70. The molecule has 0 bridgehead atoms. The van der Waals surface area contributed by atoms with Crippen molar-refractivity contribution in [2.45, 2.75) is 0 Å². The van der Waals surface area contributed by atoms with Crippen molar-refractivity contribution < 1.29 is 10.3 Å². The highest BCUT2D eigenvalue weighted by Crippen LogP contribution is 2.23. The van der Waals surface area contributed by atoms with Gasteiger partial charge in [-0.05, 0) is 22.9 Å². The third-order valence-electron chi connectivity index (χ3n) is 2.09. The fourth-order valence-electron chi connectivity index (χ4n) is 1.41. The van der Waals surface area contributed by atoms with Crippen LogP contribution in [0, 0.1) is 0 Å². The van der Waals surface area contributed by atoms with E-state index in [0.29, 0.717) is 5.56 Å². The number of hydrogen-bond donors (Lipinski definition) is 2. The Hall–Kier alpha value is -2.03. The summed E-state index contributed by atoms with van der Waals surface area (Å²) in [5.41, 5.74) is 0.506. The quantitative estimate of drug-likeness (QED) is 0.409. The van der Waals surface area contributed by atoms with Crippen LogP contribution in [0.5, 0.6) is 5.75 Å². The second-order valence-corrected chi connectivity index (χ2v) is 3.00.